The summed E-state index contributed by atoms with van der Waals surface area (Å²) in [4.78, 5) is 30.4. The number of hydrogen-bond donors (Lipinski definition) is 1. The number of hydrogen-bond acceptors (Lipinski definition) is 8. The second kappa shape index (κ2) is 14.4. The Morgan fingerprint density at radius 1 is 0.896 bits per heavy atom. The lowest BCUT2D eigenvalue weighted by atomic mass is 9.81. The average molecular weight is 671 g/mol. The number of allylic oxidation sites excluding steroid dienone is 2. The molecule has 2 N–H and O–H groups in total. The number of nitro groups is 1. The SMILES string of the molecule is NS(=O)(=O)C1=CC=C(OCC2CCCCC2)C(C(=O)c2ccc(N3CCN(Cc4ccccc4-c4ccccc4)CC3)cc2)([N+](=O)[O-])C1. The van der Waals surface area contributed by atoms with Crippen LogP contribution in [0.15, 0.2) is 102 Å². The smallest absolute Gasteiger partial charge is 0.344 e. The summed E-state index contributed by atoms with van der Waals surface area (Å²) in [6, 6.07) is 25.6. The summed E-state index contributed by atoms with van der Waals surface area (Å²) in [6.07, 6.45) is 6.90. The van der Waals surface area contributed by atoms with Gasteiger partial charge in [0.05, 0.1) is 17.9 Å². The highest BCUT2D eigenvalue weighted by Crippen LogP contribution is 2.39. The van der Waals surface area contributed by atoms with E-state index in [2.05, 4.69) is 58.3 Å². The summed E-state index contributed by atoms with van der Waals surface area (Å²) in [5.74, 6) is -0.754. The minimum atomic E-state index is -4.27. The maximum absolute atomic E-state index is 14.1. The maximum Gasteiger partial charge on any atom is 0.344 e. The summed E-state index contributed by atoms with van der Waals surface area (Å²) in [5, 5.41) is 18.2. The number of Topliss-reactive ketones (excluding diaryl/α,β-unsaturated/α-hetero) is 1. The third-order valence-corrected chi connectivity index (χ3v) is 10.9. The van der Waals surface area contributed by atoms with E-state index >= 15 is 0 Å². The number of ketones is 1. The number of carbonyl (C=O) groups is 1. The van der Waals surface area contributed by atoms with Crippen LogP contribution in [0.4, 0.5) is 5.69 Å². The van der Waals surface area contributed by atoms with Crippen LogP contribution in [0.5, 0.6) is 0 Å². The second-order valence-corrected chi connectivity index (χ2v) is 14.6. The number of primary sulfonamides is 1. The number of rotatable bonds is 11. The van der Waals surface area contributed by atoms with E-state index in [0.717, 1.165) is 70.5 Å². The number of carbonyl (C=O) groups excluding carboxylic acids is 1. The Hall–Kier alpha value is -4.32. The minimum Gasteiger partial charge on any atom is -0.490 e. The molecule has 252 valence electrons. The molecule has 0 amide bonds. The molecule has 2 aliphatic carbocycles. The molecule has 6 rings (SSSR count). The van der Waals surface area contributed by atoms with Crippen molar-refractivity contribution in [2.24, 2.45) is 11.1 Å². The maximum atomic E-state index is 14.1. The molecular weight excluding hydrogens is 628 g/mol. The lowest BCUT2D eigenvalue weighted by Gasteiger charge is -2.36. The molecule has 0 radical (unpaired) electrons. The summed E-state index contributed by atoms with van der Waals surface area (Å²) in [5.41, 5.74) is 2.28. The van der Waals surface area contributed by atoms with Crippen LogP contribution in [-0.2, 0) is 21.3 Å². The van der Waals surface area contributed by atoms with Gasteiger partial charge in [0.2, 0.25) is 15.8 Å². The predicted molar refractivity (Wildman–Crippen MR) is 186 cm³/mol. The van der Waals surface area contributed by atoms with E-state index in [1.807, 2.05) is 6.07 Å². The molecule has 3 aromatic rings. The van der Waals surface area contributed by atoms with Gasteiger partial charge in [0.25, 0.3) is 0 Å². The Labute approximate surface area is 282 Å². The van der Waals surface area contributed by atoms with Gasteiger partial charge in [0.1, 0.15) is 0 Å². The van der Waals surface area contributed by atoms with Gasteiger partial charge < -0.3 is 9.64 Å². The monoisotopic (exact) mass is 670 g/mol. The van der Waals surface area contributed by atoms with Crippen molar-refractivity contribution in [1.29, 1.82) is 0 Å². The van der Waals surface area contributed by atoms with Crippen LogP contribution < -0.4 is 10.0 Å². The van der Waals surface area contributed by atoms with Gasteiger partial charge in [-0.25, -0.2) is 13.6 Å². The van der Waals surface area contributed by atoms with Crippen molar-refractivity contribution in [2.45, 2.75) is 50.6 Å². The molecule has 0 aromatic heterocycles. The molecule has 1 unspecified atom stereocenters. The fourth-order valence-electron chi connectivity index (χ4n) is 7.08. The van der Waals surface area contributed by atoms with Crippen LogP contribution in [0, 0.1) is 16.0 Å². The molecule has 1 heterocycles. The molecule has 11 heteroatoms. The molecule has 1 aliphatic heterocycles. The van der Waals surface area contributed by atoms with Crippen LogP contribution >= 0.6 is 0 Å². The average Bonchev–Trinajstić information content (AvgIpc) is 3.11. The fraction of sp³-hybridized carbons (Fsp3) is 0.378. The lowest BCUT2D eigenvalue weighted by Crippen LogP contribution is -2.51. The molecule has 0 bridgehead atoms. The summed E-state index contributed by atoms with van der Waals surface area (Å²) < 4.78 is 30.6. The highest BCUT2D eigenvalue weighted by Gasteiger charge is 2.59. The Morgan fingerprint density at radius 2 is 1.56 bits per heavy atom. The van der Waals surface area contributed by atoms with E-state index in [1.54, 1.807) is 24.3 Å². The number of nitrogens with zero attached hydrogens (tertiary/aromatic N) is 3. The first-order valence-corrected chi connectivity index (χ1v) is 18.2. The second-order valence-electron chi connectivity index (χ2n) is 13.0. The zero-order chi connectivity index (χ0) is 33.7. The van der Waals surface area contributed by atoms with Crippen LogP contribution in [0.1, 0.15) is 54.4 Å². The van der Waals surface area contributed by atoms with E-state index < -0.39 is 32.7 Å². The van der Waals surface area contributed by atoms with Gasteiger partial charge in [0, 0.05) is 48.9 Å². The molecule has 48 heavy (non-hydrogen) atoms. The minimum absolute atomic E-state index is 0.106. The summed E-state index contributed by atoms with van der Waals surface area (Å²) >= 11 is 0. The van der Waals surface area contributed by atoms with E-state index in [0.29, 0.717) is 0 Å². The van der Waals surface area contributed by atoms with Gasteiger partial charge in [-0.15, -0.1) is 0 Å². The topological polar surface area (TPSA) is 136 Å². The Bertz CT molecular complexity index is 1790. The first kappa shape index (κ1) is 33.6. The molecule has 1 atom stereocenters. The number of anilines is 1. The summed E-state index contributed by atoms with van der Waals surface area (Å²) in [7, 11) is -4.27. The van der Waals surface area contributed by atoms with Crippen LogP contribution in [-0.4, -0.2) is 62.3 Å². The van der Waals surface area contributed by atoms with E-state index in [9.17, 15) is 23.3 Å². The van der Waals surface area contributed by atoms with Gasteiger partial charge in [-0.05, 0) is 71.9 Å². The molecule has 3 aliphatic rings. The Balaban J connectivity index is 1.15. The third kappa shape index (κ3) is 7.23. The van der Waals surface area contributed by atoms with Gasteiger partial charge >= 0.3 is 5.54 Å². The molecule has 3 aromatic carbocycles. The largest absolute Gasteiger partial charge is 0.490 e. The third-order valence-electron chi connectivity index (χ3n) is 9.87. The van der Waals surface area contributed by atoms with Gasteiger partial charge in [-0.3, -0.25) is 19.8 Å². The predicted octanol–water partition coefficient (Wildman–Crippen LogP) is 5.93. The van der Waals surface area contributed by atoms with Crippen LogP contribution in [0.25, 0.3) is 11.1 Å². The number of benzene rings is 3. The number of sulfonamides is 1. The zero-order valence-electron chi connectivity index (χ0n) is 27.0. The highest BCUT2D eigenvalue weighted by molar-refractivity contribution is 7.93. The van der Waals surface area contributed by atoms with Crippen molar-refractivity contribution >= 4 is 21.5 Å². The zero-order valence-corrected chi connectivity index (χ0v) is 27.8. The molecular formula is C37H42N4O6S. The van der Waals surface area contributed by atoms with Crippen molar-refractivity contribution in [3.05, 3.63) is 123 Å². The number of piperazine rings is 1. The molecule has 2 fully saturated rings. The Kier molecular flexibility index (Phi) is 10.1. The van der Waals surface area contributed by atoms with Crippen molar-refractivity contribution in [1.82, 2.24) is 4.90 Å². The van der Waals surface area contributed by atoms with Crippen molar-refractivity contribution in [2.75, 3.05) is 37.7 Å². The lowest BCUT2D eigenvalue weighted by molar-refractivity contribution is -0.543. The molecule has 1 saturated carbocycles. The first-order valence-electron chi connectivity index (χ1n) is 16.6. The molecule has 10 nitrogen and oxygen atoms in total. The quantitative estimate of drug-likeness (QED) is 0.151. The van der Waals surface area contributed by atoms with Crippen molar-refractivity contribution in [3.8, 4) is 11.1 Å². The van der Waals surface area contributed by atoms with Crippen molar-refractivity contribution in [3.63, 3.8) is 0 Å². The molecule has 1 saturated heterocycles. The van der Waals surface area contributed by atoms with Crippen molar-refractivity contribution < 1.29 is 22.9 Å². The first-order chi connectivity index (χ1) is 23.1. The van der Waals surface area contributed by atoms with Crippen LogP contribution in [0.2, 0.25) is 0 Å². The van der Waals surface area contributed by atoms with E-state index in [4.69, 9.17) is 9.88 Å². The van der Waals surface area contributed by atoms with Gasteiger partial charge in [-0.2, -0.15) is 0 Å². The summed E-state index contributed by atoms with van der Waals surface area (Å²) in [6.45, 7) is 4.33. The number of nitrogens with two attached hydrogens (primary N) is 1. The molecule has 0 spiro atoms. The fourth-order valence-corrected chi connectivity index (χ4v) is 7.75. The van der Waals surface area contributed by atoms with E-state index in [1.165, 1.54) is 28.8 Å². The van der Waals surface area contributed by atoms with Gasteiger partial charge in [0.15, 0.2) is 5.76 Å². The normalized spacial score (nSPS) is 20.9. The standard InChI is InChI=1S/C37H42N4O6S/c38-48(45,46)33-19-20-35(47-27-28-9-3-1-4-10-28)37(25-33,41(43)44)36(42)30-15-17-32(18-16-30)40-23-21-39(22-24-40)26-31-13-7-8-14-34(31)29-11-5-2-6-12-29/h2,5-8,11-20,28H,1,3-4,9-10,21-27H2,(H2,38,45,46). The van der Waals surface area contributed by atoms with E-state index in [-0.39, 0.29) is 28.8 Å². The number of ether oxygens (including phenoxy) is 1. The van der Waals surface area contributed by atoms with Crippen LogP contribution in [0.3, 0.4) is 0 Å². The van der Waals surface area contributed by atoms with Gasteiger partial charge in [-0.1, -0.05) is 73.9 Å². The highest BCUT2D eigenvalue weighted by atomic mass is 32.2. The Morgan fingerprint density at radius 3 is 2.23 bits per heavy atom.